The number of halogens is 1. The Morgan fingerprint density at radius 3 is 2.29 bits per heavy atom. The van der Waals surface area contributed by atoms with Crippen LogP contribution in [-0.4, -0.2) is 24.0 Å². The minimum absolute atomic E-state index is 0.109. The summed E-state index contributed by atoms with van der Waals surface area (Å²) in [6, 6.07) is 19.0. The Morgan fingerprint density at radius 1 is 0.903 bits per heavy atom. The van der Waals surface area contributed by atoms with Gasteiger partial charge in [-0.2, -0.15) is 5.10 Å². The van der Waals surface area contributed by atoms with Crippen LogP contribution in [0.1, 0.15) is 21.5 Å². The van der Waals surface area contributed by atoms with Crippen LogP contribution in [0.5, 0.6) is 5.75 Å². The van der Waals surface area contributed by atoms with E-state index in [1.807, 2.05) is 19.1 Å². The molecule has 0 aromatic heterocycles. The van der Waals surface area contributed by atoms with E-state index in [1.54, 1.807) is 36.4 Å². The molecule has 0 saturated carbocycles. The molecule has 2 amide bonds. The van der Waals surface area contributed by atoms with Crippen molar-refractivity contribution in [3.8, 4) is 5.75 Å². The van der Waals surface area contributed by atoms with Crippen LogP contribution in [0.25, 0.3) is 0 Å². The molecule has 3 rings (SSSR count). The number of hydrogen-bond acceptors (Lipinski definition) is 5. The van der Waals surface area contributed by atoms with E-state index >= 15 is 0 Å². The number of aryl methyl sites for hydroxylation is 1. The second-order valence-corrected chi connectivity index (χ2v) is 6.41. The highest BCUT2D eigenvalue weighted by Gasteiger charge is 2.14. The number of ether oxygens (including phenoxy) is 1. The molecule has 8 heteroatoms. The Hall–Kier alpha value is -4.33. The van der Waals surface area contributed by atoms with Gasteiger partial charge in [0.15, 0.2) is 0 Å². The lowest BCUT2D eigenvalue weighted by Crippen LogP contribution is -2.32. The quantitative estimate of drug-likeness (QED) is 0.218. The van der Waals surface area contributed by atoms with Gasteiger partial charge < -0.3 is 10.1 Å². The van der Waals surface area contributed by atoms with Crippen LogP contribution in [0.4, 0.5) is 10.1 Å². The second-order valence-electron chi connectivity index (χ2n) is 6.41. The van der Waals surface area contributed by atoms with Crippen LogP contribution in [0, 0.1) is 12.7 Å². The van der Waals surface area contributed by atoms with E-state index < -0.39 is 23.6 Å². The number of hydrogen-bond donors (Lipinski definition) is 2. The summed E-state index contributed by atoms with van der Waals surface area (Å²) < 4.78 is 18.8. The maximum absolute atomic E-state index is 13.5. The molecule has 0 fully saturated rings. The average Bonchev–Trinajstić information content (AvgIpc) is 2.76. The van der Waals surface area contributed by atoms with Gasteiger partial charge in [-0.15, -0.1) is 0 Å². The van der Waals surface area contributed by atoms with Gasteiger partial charge in [-0.05, 0) is 60.5 Å². The molecule has 0 aliphatic heterocycles. The highest BCUT2D eigenvalue weighted by Crippen LogP contribution is 2.15. The number of anilines is 1. The molecule has 0 unspecified atom stereocenters. The molecule has 0 heterocycles. The van der Waals surface area contributed by atoms with Crippen molar-refractivity contribution >= 4 is 29.7 Å². The molecule has 0 bridgehead atoms. The molecular weight excluding hydrogens is 401 g/mol. The molecule has 0 radical (unpaired) electrons. The van der Waals surface area contributed by atoms with Crippen LogP contribution in [0.2, 0.25) is 0 Å². The van der Waals surface area contributed by atoms with Gasteiger partial charge >= 0.3 is 17.8 Å². The zero-order valence-corrected chi connectivity index (χ0v) is 16.5. The fraction of sp³-hybridized carbons (Fsp3) is 0.0435. The number of amides is 2. The monoisotopic (exact) mass is 419 g/mol. The van der Waals surface area contributed by atoms with E-state index in [1.165, 1.54) is 24.4 Å². The van der Waals surface area contributed by atoms with Crippen LogP contribution < -0.4 is 15.5 Å². The van der Waals surface area contributed by atoms with Crippen LogP contribution in [-0.2, 0) is 9.59 Å². The number of hydrazone groups is 1. The van der Waals surface area contributed by atoms with Crippen molar-refractivity contribution in [3.63, 3.8) is 0 Å². The van der Waals surface area contributed by atoms with Crippen molar-refractivity contribution in [2.75, 3.05) is 5.32 Å². The smallest absolute Gasteiger partial charge is 0.343 e. The summed E-state index contributed by atoms with van der Waals surface area (Å²) in [5.41, 5.74) is 3.82. The third-order valence-corrected chi connectivity index (χ3v) is 4.16. The van der Waals surface area contributed by atoms with E-state index in [-0.39, 0.29) is 5.69 Å². The van der Waals surface area contributed by atoms with Gasteiger partial charge in [0.05, 0.1) is 17.5 Å². The second kappa shape index (κ2) is 9.93. The first kappa shape index (κ1) is 21.4. The zero-order valence-electron chi connectivity index (χ0n) is 16.5. The fourth-order valence-electron chi connectivity index (χ4n) is 2.54. The van der Waals surface area contributed by atoms with E-state index in [0.29, 0.717) is 16.9 Å². The van der Waals surface area contributed by atoms with Gasteiger partial charge in [-0.25, -0.2) is 14.6 Å². The molecule has 0 spiro atoms. The maximum atomic E-state index is 13.5. The minimum Gasteiger partial charge on any atom is -0.423 e. The topological polar surface area (TPSA) is 96.9 Å². The minimum atomic E-state index is -1.05. The number of rotatable bonds is 5. The molecule has 0 aliphatic rings. The number of nitrogens with zero attached hydrogens (tertiary/aromatic N) is 1. The Kier molecular flexibility index (Phi) is 6.85. The van der Waals surface area contributed by atoms with E-state index in [0.717, 1.165) is 11.6 Å². The summed E-state index contributed by atoms with van der Waals surface area (Å²) in [4.78, 5) is 35.8. The van der Waals surface area contributed by atoms with Crippen molar-refractivity contribution in [2.24, 2.45) is 5.10 Å². The molecule has 7 nitrogen and oxygen atoms in total. The summed E-state index contributed by atoms with van der Waals surface area (Å²) in [6.45, 7) is 1.82. The highest BCUT2D eigenvalue weighted by atomic mass is 19.1. The summed E-state index contributed by atoms with van der Waals surface area (Å²) in [6.07, 6.45) is 1.31. The van der Waals surface area contributed by atoms with Crippen molar-refractivity contribution in [2.45, 2.75) is 6.92 Å². The largest absolute Gasteiger partial charge is 0.423 e. The summed E-state index contributed by atoms with van der Waals surface area (Å²) in [5.74, 6) is -2.88. The molecule has 3 aromatic rings. The number of carbonyl (C=O) groups is 3. The molecule has 0 atom stereocenters. The Labute approximate surface area is 177 Å². The van der Waals surface area contributed by atoms with E-state index in [9.17, 15) is 18.8 Å². The van der Waals surface area contributed by atoms with E-state index in [2.05, 4.69) is 15.8 Å². The lowest BCUT2D eigenvalue weighted by molar-refractivity contribution is -0.136. The van der Waals surface area contributed by atoms with Gasteiger partial charge in [0, 0.05) is 0 Å². The van der Waals surface area contributed by atoms with Gasteiger partial charge in [-0.3, -0.25) is 9.59 Å². The molecule has 156 valence electrons. The summed E-state index contributed by atoms with van der Waals surface area (Å²) in [5, 5.41) is 5.84. The number of para-hydroxylation sites is 1. The summed E-state index contributed by atoms with van der Waals surface area (Å²) >= 11 is 0. The summed E-state index contributed by atoms with van der Waals surface area (Å²) in [7, 11) is 0. The third kappa shape index (κ3) is 5.83. The molecule has 3 aromatic carbocycles. The molecule has 0 aliphatic carbocycles. The number of benzene rings is 3. The van der Waals surface area contributed by atoms with Gasteiger partial charge in [0.25, 0.3) is 0 Å². The SMILES string of the molecule is Cc1ccccc1C(=O)Oc1ccc(C=NNC(=O)C(=O)Nc2ccccc2F)cc1. The number of esters is 1. The van der Waals surface area contributed by atoms with Crippen molar-refractivity contribution in [1.29, 1.82) is 0 Å². The predicted octanol–water partition coefficient (Wildman–Crippen LogP) is 3.44. The van der Waals surface area contributed by atoms with E-state index in [4.69, 9.17) is 4.74 Å². The third-order valence-electron chi connectivity index (χ3n) is 4.16. The molecule has 0 saturated heterocycles. The first-order valence-electron chi connectivity index (χ1n) is 9.21. The predicted molar refractivity (Wildman–Crippen MR) is 113 cm³/mol. The molecule has 2 N–H and O–H groups in total. The number of nitrogens with one attached hydrogen (secondary N) is 2. The fourth-order valence-corrected chi connectivity index (χ4v) is 2.54. The Bertz CT molecular complexity index is 1140. The standard InChI is InChI=1S/C23H18FN3O4/c1-15-6-2-3-7-18(15)23(30)31-17-12-10-16(11-13-17)14-25-27-22(29)21(28)26-20-9-5-4-8-19(20)24/h2-14H,1H3,(H,26,28)(H,27,29). The first-order chi connectivity index (χ1) is 14.9. The lowest BCUT2D eigenvalue weighted by Gasteiger charge is -2.06. The van der Waals surface area contributed by atoms with Gasteiger partial charge in [0.1, 0.15) is 11.6 Å². The van der Waals surface area contributed by atoms with Crippen LogP contribution in [0.3, 0.4) is 0 Å². The van der Waals surface area contributed by atoms with Gasteiger partial charge in [0.2, 0.25) is 0 Å². The number of carbonyl (C=O) groups excluding carboxylic acids is 3. The van der Waals surface area contributed by atoms with Gasteiger partial charge in [-0.1, -0.05) is 30.3 Å². The van der Waals surface area contributed by atoms with Crippen LogP contribution >= 0.6 is 0 Å². The molecular formula is C23H18FN3O4. The molecule has 31 heavy (non-hydrogen) atoms. The first-order valence-corrected chi connectivity index (χ1v) is 9.21. The Morgan fingerprint density at radius 2 is 1.58 bits per heavy atom. The zero-order chi connectivity index (χ0) is 22.2. The Balaban J connectivity index is 1.53. The van der Waals surface area contributed by atoms with Crippen molar-refractivity contribution in [3.05, 3.63) is 95.3 Å². The van der Waals surface area contributed by atoms with Crippen LogP contribution in [0.15, 0.2) is 77.9 Å². The van der Waals surface area contributed by atoms with Crippen molar-refractivity contribution in [1.82, 2.24) is 5.43 Å². The average molecular weight is 419 g/mol. The normalized spacial score (nSPS) is 10.5. The highest BCUT2D eigenvalue weighted by molar-refractivity contribution is 6.39. The maximum Gasteiger partial charge on any atom is 0.343 e. The lowest BCUT2D eigenvalue weighted by atomic mass is 10.1. The van der Waals surface area contributed by atoms with Crippen molar-refractivity contribution < 1.29 is 23.5 Å².